The Morgan fingerprint density at radius 1 is 0.438 bits per heavy atom. The second-order valence-electron chi connectivity index (χ2n) is 22.0. The Hall–Kier alpha value is -0.732. The lowest BCUT2D eigenvalue weighted by Crippen LogP contribution is -2.91. The lowest BCUT2D eigenvalue weighted by Gasteiger charge is -2.67. The highest BCUT2D eigenvalue weighted by atomic mass is 29.9. The van der Waals surface area contributed by atoms with Crippen molar-refractivity contribution in [2.45, 2.75) is 196 Å². The van der Waals surface area contributed by atoms with Gasteiger partial charge in [0.25, 0.3) is 0 Å². The number of hydrogen-bond donors (Lipinski definition) is 0. The van der Waals surface area contributed by atoms with Crippen molar-refractivity contribution in [1.82, 2.24) is 0 Å². The third-order valence-electron chi connectivity index (χ3n) is 13.2. The minimum absolute atomic E-state index is 0.0828. The average Bonchev–Trinajstić information content (AvgIpc) is 2.83. The van der Waals surface area contributed by atoms with E-state index in [-0.39, 0.29) is 31.0 Å². The maximum Gasteiger partial charge on any atom is 0.233 e. The Morgan fingerprint density at radius 3 is 0.792 bits per heavy atom. The molecule has 0 aliphatic carbocycles. The zero-order chi connectivity index (χ0) is 38.2. The molecule has 2 rings (SSSR count). The van der Waals surface area contributed by atoms with Crippen molar-refractivity contribution in [3.8, 4) is 0 Å². The number of hydrogen-bond acceptors (Lipinski definition) is 1. The van der Waals surface area contributed by atoms with E-state index in [1.54, 1.807) is 10.4 Å². The van der Waals surface area contributed by atoms with Crippen molar-refractivity contribution in [2.24, 2.45) is 0 Å². The molecule has 2 aromatic carbocycles. The predicted octanol–water partition coefficient (Wildman–Crippen LogP) is 12.3. The van der Waals surface area contributed by atoms with Crippen LogP contribution in [0.4, 0.5) is 0 Å². The average molecular weight is 724 g/mol. The summed E-state index contributed by atoms with van der Waals surface area (Å²) in [6, 6.07) is 10.2. The van der Waals surface area contributed by atoms with Gasteiger partial charge in [-0.3, -0.25) is 0 Å². The van der Waals surface area contributed by atoms with Crippen molar-refractivity contribution in [3.05, 3.63) is 57.6 Å². The van der Waals surface area contributed by atoms with Crippen LogP contribution in [0.1, 0.15) is 158 Å². The molecule has 0 spiro atoms. The normalized spacial score (nSPS) is 15.0. The molecule has 48 heavy (non-hydrogen) atoms. The quantitative estimate of drug-likeness (QED) is 0.270. The van der Waals surface area contributed by atoms with E-state index in [2.05, 4.69) is 197 Å². The molecule has 0 amide bonds. The third kappa shape index (κ3) is 7.04. The summed E-state index contributed by atoms with van der Waals surface area (Å²) in [6.45, 7) is 61.1. The summed E-state index contributed by atoms with van der Waals surface area (Å²) >= 11 is 0. The predicted molar refractivity (Wildman–Crippen MR) is 229 cm³/mol. The van der Waals surface area contributed by atoms with Gasteiger partial charge < -0.3 is 4.43 Å². The Kier molecular flexibility index (Phi) is 11.8. The van der Waals surface area contributed by atoms with Crippen LogP contribution < -0.4 is 10.4 Å². The summed E-state index contributed by atoms with van der Waals surface area (Å²) in [5, 5.41) is 3.92. The van der Waals surface area contributed by atoms with E-state index < -0.39 is 30.4 Å². The Labute approximate surface area is 305 Å². The van der Waals surface area contributed by atoms with Gasteiger partial charge in [-0.25, -0.2) is 0 Å². The highest BCUT2D eigenvalue weighted by molar-refractivity contribution is 7.86. The van der Waals surface area contributed by atoms with Gasteiger partial charge in [0, 0.05) is 7.11 Å². The molecule has 0 aromatic heterocycles. The molecule has 0 atom stereocenters. The molecule has 0 saturated carbocycles. The number of aryl methyl sites for hydroxylation is 4. The molecule has 0 fully saturated rings. The maximum atomic E-state index is 7.87. The van der Waals surface area contributed by atoms with Crippen LogP contribution in [0.2, 0.25) is 33.2 Å². The van der Waals surface area contributed by atoms with Gasteiger partial charge in [0.05, 0.1) is 22.5 Å². The van der Waals surface area contributed by atoms with E-state index in [0.717, 1.165) is 0 Å². The molecule has 2 aromatic rings. The van der Waals surface area contributed by atoms with Crippen molar-refractivity contribution >= 4 is 40.7 Å². The smallest absolute Gasteiger partial charge is 0.233 e. The van der Waals surface area contributed by atoms with Crippen molar-refractivity contribution in [2.75, 3.05) is 7.11 Å². The van der Waals surface area contributed by atoms with E-state index in [0.29, 0.717) is 0 Å². The molecule has 0 aliphatic heterocycles. The molecule has 0 bridgehead atoms. The van der Waals surface area contributed by atoms with Crippen LogP contribution >= 0.6 is 0 Å². The highest BCUT2D eigenvalue weighted by Gasteiger charge is 2.74. The molecule has 1 radical (unpaired) electrons. The van der Waals surface area contributed by atoms with E-state index >= 15 is 0 Å². The Balaban J connectivity index is 3.72. The van der Waals surface area contributed by atoms with Crippen LogP contribution in [0, 0.1) is 27.7 Å². The highest BCUT2D eigenvalue weighted by Crippen LogP contribution is 2.62. The summed E-state index contributed by atoms with van der Waals surface area (Å²) in [5.74, 6) is 0. The summed E-state index contributed by atoms with van der Waals surface area (Å²) in [6.07, 6.45) is 0. The van der Waals surface area contributed by atoms with E-state index in [1.807, 2.05) is 0 Å². The number of benzene rings is 2. The molecule has 273 valence electrons. The van der Waals surface area contributed by atoms with Gasteiger partial charge in [0.15, 0.2) is 0 Å². The molecule has 0 unspecified atom stereocenters. The topological polar surface area (TPSA) is 9.23 Å². The lowest BCUT2D eigenvalue weighted by atomic mass is 9.85. The van der Waals surface area contributed by atoms with Crippen molar-refractivity contribution < 1.29 is 4.43 Å². The van der Waals surface area contributed by atoms with Crippen LogP contribution in [0.25, 0.3) is 0 Å². The van der Waals surface area contributed by atoms with E-state index in [4.69, 9.17) is 4.43 Å². The first kappa shape index (κ1) is 43.4. The van der Waals surface area contributed by atoms with Gasteiger partial charge in [0.2, 0.25) is 7.83 Å². The minimum Gasteiger partial charge on any atom is -0.415 e. The second-order valence-corrected chi connectivity index (χ2v) is 53.1. The van der Waals surface area contributed by atoms with E-state index in [1.165, 1.54) is 33.4 Å². The minimum atomic E-state index is -2.98. The van der Waals surface area contributed by atoms with E-state index in [9.17, 15) is 0 Å². The summed E-state index contributed by atoms with van der Waals surface area (Å²) in [7, 11) is -6.61. The lowest BCUT2D eigenvalue weighted by molar-refractivity contribution is 0.430. The fourth-order valence-corrected chi connectivity index (χ4v) is 99.0. The summed E-state index contributed by atoms with van der Waals surface area (Å²) in [4.78, 5) is 0. The molecule has 1 nitrogen and oxygen atoms in total. The largest absolute Gasteiger partial charge is 0.415 e. The third-order valence-corrected chi connectivity index (χ3v) is 75.0. The molecule has 0 N–H and O–H groups in total. The van der Waals surface area contributed by atoms with Gasteiger partial charge in [-0.2, -0.15) is 0 Å². The first-order valence-electron chi connectivity index (χ1n) is 18.7. The van der Waals surface area contributed by atoms with Crippen LogP contribution in [0.15, 0.2) is 24.3 Å². The number of rotatable bonds is 6. The molecule has 5 heteroatoms. The van der Waals surface area contributed by atoms with Crippen LogP contribution in [0.5, 0.6) is 0 Å². The second kappa shape index (κ2) is 13.0. The monoisotopic (exact) mass is 724 g/mol. The van der Waals surface area contributed by atoms with Gasteiger partial charge in [-0.05, 0) is 102 Å². The Morgan fingerprint density at radius 2 is 0.646 bits per heavy atom. The van der Waals surface area contributed by atoms with Crippen molar-refractivity contribution in [1.29, 1.82) is 0 Å². The zero-order valence-electron chi connectivity index (χ0n) is 36.7. The Bertz CT molecular complexity index is 1290. The fourth-order valence-electron chi connectivity index (χ4n) is 9.54. The molecule has 0 aliphatic rings. The zero-order valence-corrected chi connectivity index (χ0v) is 40.7. The molecule has 0 saturated heterocycles. The first-order valence-corrected chi connectivity index (χ1v) is 30.1. The summed E-state index contributed by atoms with van der Waals surface area (Å²) in [5.41, 5.74) is 8.84. The standard InChI is InChI=1S/C43H79OSi4/c1-30-26-34(38(5,6)7)27-31(2)36(30)48(44-23,37-32(3)28-35(29-33(37)4)39(8,9)10)45(46(24,40(11,12)13)41(14,15)16)47(25,42(17,18)19)43(20,21)22/h26-29H,1-25H3. The van der Waals surface area contributed by atoms with Crippen LogP contribution in [-0.4, -0.2) is 37.5 Å². The van der Waals surface area contributed by atoms with Crippen molar-refractivity contribution in [3.63, 3.8) is 0 Å². The van der Waals surface area contributed by atoms with Gasteiger partial charge in [-0.15, -0.1) is 0 Å². The SMILES string of the molecule is CO[Si](c1c(C)cc(C(C)(C)C)cc1C)(c1c(C)cc(C(C)(C)C)cc1C)[Si]([Si](C)(C(C)(C)C)C(C)(C)C)[Si](C)(C(C)(C)C)C(C)(C)C. The van der Waals surface area contributed by atoms with Gasteiger partial charge >= 0.3 is 0 Å². The van der Waals surface area contributed by atoms with Crippen LogP contribution in [0.3, 0.4) is 0 Å². The van der Waals surface area contributed by atoms with Gasteiger partial charge in [-0.1, -0.05) is 162 Å². The first-order chi connectivity index (χ1) is 21.0. The fraction of sp³-hybridized carbons (Fsp3) is 0.721. The maximum absolute atomic E-state index is 7.87. The molecular weight excluding hydrogens is 645 g/mol. The summed E-state index contributed by atoms with van der Waals surface area (Å²) < 4.78 is 7.87. The van der Waals surface area contributed by atoms with Gasteiger partial charge in [0.1, 0.15) is 0 Å². The van der Waals surface area contributed by atoms with Crippen LogP contribution in [-0.2, 0) is 15.3 Å². The molecule has 0 heterocycles. The molecular formula is C43H79OSi4.